The maximum absolute atomic E-state index is 12.1. The Bertz CT molecular complexity index is 417. The van der Waals surface area contributed by atoms with Gasteiger partial charge in [-0.25, -0.2) is 0 Å². The van der Waals surface area contributed by atoms with E-state index in [1.54, 1.807) is 12.1 Å². The summed E-state index contributed by atoms with van der Waals surface area (Å²) in [6.45, 7) is 1.24. The molecule has 1 aromatic rings. The molecule has 0 bridgehead atoms. The molecule has 0 heterocycles. The smallest absolute Gasteiger partial charge is 0.223 e. The molecule has 2 unspecified atom stereocenters. The Hall–Kier alpha value is -1.55. The van der Waals surface area contributed by atoms with Crippen LogP contribution in [0.3, 0.4) is 0 Å². The number of carbonyl (C=O) groups excluding carboxylic acids is 1. The van der Waals surface area contributed by atoms with Crippen LogP contribution in [0.2, 0.25) is 0 Å². The third-order valence-electron chi connectivity index (χ3n) is 3.95. The minimum atomic E-state index is 0.102. The third-order valence-corrected chi connectivity index (χ3v) is 3.95. The zero-order valence-electron chi connectivity index (χ0n) is 11.1. The highest BCUT2D eigenvalue weighted by molar-refractivity contribution is 5.79. The van der Waals surface area contributed by atoms with E-state index in [9.17, 15) is 9.90 Å². The van der Waals surface area contributed by atoms with Gasteiger partial charge < -0.3 is 16.2 Å². The molecule has 1 fully saturated rings. The molecule has 0 saturated heterocycles. The summed E-state index contributed by atoms with van der Waals surface area (Å²) in [6, 6.07) is 7.08. The molecule has 4 N–H and O–H groups in total. The number of phenolic OH excluding ortho intramolecular Hbond substituents is 1. The second-order valence-corrected chi connectivity index (χ2v) is 5.24. The molecule has 1 saturated carbocycles. The van der Waals surface area contributed by atoms with Gasteiger partial charge in [-0.15, -0.1) is 0 Å². The fourth-order valence-electron chi connectivity index (χ4n) is 2.79. The highest BCUT2D eigenvalue weighted by atomic mass is 16.3. The minimum Gasteiger partial charge on any atom is -0.508 e. The number of nitrogens with one attached hydrogen (secondary N) is 1. The van der Waals surface area contributed by atoms with Gasteiger partial charge >= 0.3 is 0 Å². The zero-order valence-corrected chi connectivity index (χ0v) is 11.1. The van der Waals surface area contributed by atoms with Crippen LogP contribution in [0.15, 0.2) is 24.3 Å². The fourth-order valence-corrected chi connectivity index (χ4v) is 2.79. The predicted octanol–water partition coefficient (Wildman–Crippen LogP) is 1.43. The Morgan fingerprint density at radius 1 is 1.32 bits per heavy atom. The Morgan fingerprint density at radius 3 is 2.74 bits per heavy atom. The van der Waals surface area contributed by atoms with Crippen LogP contribution in [0.25, 0.3) is 0 Å². The normalized spacial score (nSPS) is 22.4. The van der Waals surface area contributed by atoms with Crippen molar-refractivity contribution in [3.8, 4) is 5.75 Å². The van der Waals surface area contributed by atoms with Crippen LogP contribution >= 0.6 is 0 Å². The van der Waals surface area contributed by atoms with Crippen LogP contribution in [0.5, 0.6) is 5.75 Å². The summed E-state index contributed by atoms with van der Waals surface area (Å²) < 4.78 is 0. The lowest BCUT2D eigenvalue weighted by Crippen LogP contribution is -2.36. The lowest BCUT2D eigenvalue weighted by Gasteiger charge is -2.17. The van der Waals surface area contributed by atoms with Gasteiger partial charge in [0.15, 0.2) is 0 Å². The van der Waals surface area contributed by atoms with Gasteiger partial charge in [-0.3, -0.25) is 4.79 Å². The van der Waals surface area contributed by atoms with E-state index in [1.807, 2.05) is 12.1 Å². The predicted molar refractivity (Wildman–Crippen MR) is 74.7 cm³/mol. The van der Waals surface area contributed by atoms with Crippen molar-refractivity contribution in [3.63, 3.8) is 0 Å². The number of phenols is 1. The summed E-state index contributed by atoms with van der Waals surface area (Å²) in [5.41, 5.74) is 6.80. The van der Waals surface area contributed by atoms with E-state index >= 15 is 0 Å². The summed E-state index contributed by atoms with van der Waals surface area (Å²) in [4.78, 5) is 12.1. The summed E-state index contributed by atoms with van der Waals surface area (Å²) in [5, 5.41) is 12.2. The molecular formula is C15H22N2O2. The minimum absolute atomic E-state index is 0.102. The van der Waals surface area contributed by atoms with Gasteiger partial charge in [0.05, 0.1) is 0 Å². The van der Waals surface area contributed by atoms with Gasteiger partial charge in [-0.2, -0.15) is 0 Å². The van der Waals surface area contributed by atoms with E-state index in [2.05, 4.69) is 5.32 Å². The van der Waals surface area contributed by atoms with Crippen LogP contribution in [-0.2, 0) is 11.2 Å². The van der Waals surface area contributed by atoms with Gasteiger partial charge in [0.25, 0.3) is 0 Å². The first-order valence-electron chi connectivity index (χ1n) is 6.96. The Morgan fingerprint density at radius 2 is 2.05 bits per heavy atom. The van der Waals surface area contributed by atoms with E-state index in [-0.39, 0.29) is 17.6 Å². The number of rotatable bonds is 5. The molecule has 1 aliphatic rings. The number of hydrogen-bond acceptors (Lipinski definition) is 3. The second kappa shape index (κ2) is 6.57. The number of aromatic hydroxyl groups is 1. The van der Waals surface area contributed by atoms with E-state index in [1.165, 1.54) is 0 Å². The van der Waals surface area contributed by atoms with Crippen LogP contribution in [-0.4, -0.2) is 24.1 Å². The largest absolute Gasteiger partial charge is 0.508 e. The van der Waals surface area contributed by atoms with Crippen molar-refractivity contribution in [2.24, 2.45) is 17.6 Å². The highest BCUT2D eigenvalue weighted by Crippen LogP contribution is 2.30. The average Bonchev–Trinajstić information content (AvgIpc) is 2.89. The van der Waals surface area contributed by atoms with Gasteiger partial charge in [0.2, 0.25) is 5.91 Å². The molecule has 0 spiro atoms. The van der Waals surface area contributed by atoms with Crippen LogP contribution in [0.4, 0.5) is 0 Å². The summed E-state index contributed by atoms with van der Waals surface area (Å²) in [6.07, 6.45) is 3.93. The van der Waals surface area contributed by atoms with Crippen LogP contribution in [0, 0.1) is 11.8 Å². The molecule has 2 atom stereocenters. The average molecular weight is 262 g/mol. The van der Waals surface area contributed by atoms with Crippen molar-refractivity contribution >= 4 is 5.91 Å². The molecule has 4 nitrogen and oxygen atoms in total. The first-order valence-corrected chi connectivity index (χ1v) is 6.96. The molecule has 0 radical (unpaired) electrons. The fraction of sp³-hybridized carbons (Fsp3) is 0.533. The zero-order chi connectivity index (χ0) is 13.7. The molecule has 0 aliphatic heterocycles. The monoisotopic (exact) mass is 262 g/mol. The number of nitrogens with two attached hydrogens (primary N) is 1. The Labute approximate surface area is 114 Å². The van der Waals surface area contributed by atoms with Gasteiger partial charge in [-0.1, -0.05) is 18.6 Å². The van der Waals surface area contributed by atoms with Crippen molar-refractivity contribution in [2.75, 3.05) is 13.1 Å². The quantitative estimate of drug-likeness (QED) is 0.751. The van der Waals surface area contributed by atoms with Crippen molar-refractivity contribution in [2.45, 2.75) is 25.7 Å². The number of hydrogen-bond donors (Lipinski definition) is 3. The van der Waals surface area contributed by atoms with Crippen LogP contribution in [0.1, 0.15) is 24.8 Å². The van der Waals surface area contributed by atoms with Crippen LogP contribution < -0.4 is 11.1 Å². The Kier molecular flexibility index (Phi) is 4.80. The first kappa shape index (κ1) is 13.9. The second-order valence-electron chi connectivity index (χ2n) is 5.24. The molecule has 1 aromatic carbocycles. The third kappa shape index (κ3) is 3.70. The molecule has 1 amide bonds. The van der Waals surface area contributed by atoms with E-state index in [4.69, 9.17) is 5.73 Å². The van der Waals surface area contributed by atoms with Crippen molar-refractivity contribution in [3.05, 3.63) is 29.8 Å². The van der Waals surface area contributed by atoms with Gasteiger partial charge in [-0.05, 0) is 49.4 Å². The maximum atomic E-state index is 12.1. The summed E-state index contributed by atoms with van der Waals surface area (Å²) in [5.74, 6) is 0.870. The number of amides is 1. The molecule has 4 heteroatoms. The molecular weight excluding hydrogens is 240 g/mol. The van der Waals surface area contributed by atoms with E-state index < -0.39 is 0 Å². The van der Waals surface area contributed by atoms with E-state index in [0.717, 1.165) is 31.2 Å². The van der Waals surface area contributed by atoms with Gasteiger partial charge in [0, 0.05) is 12.5 Å². The lowest BCUT2D eigenvalue weighted by atomic mass is 9.95. The summed E-state index contributed by atoms with van der Waals surface area (Å²) in [7, 11) is 0. The SMILES string of the molecule is NCC1CCCC1C(=O)NCCc1ccc(O)cc1. The Balaban J connectivity index is 1.76. The summed E-state index contributed by atoms with van der Waals surface area (Å²) >= 11 is 0. The van der Waals surface area contributed by atoms with Gasteiger partial charge in [0.1, 0.15) is 5.75 Å². The molecule has 2 rings (SSSR count). The first-order chi connectivity index (χ1) is 9.20. The maximum Gasteiger partial charge on any atom is 0.223 e. The molecule has 1 aliphatic carbocycles. The molecule has 0 aromatic heterocycles. The topological polar surface area (TPSA) is 75.4 Å². The van der Waals surface area contributed by atoms with Crippen molar-refractivity contribution in [1.29, 1.82) is 0 Å². The highest BCUT2D eigenvalue weighted by Gasteiger charge is 2.31. The molecule has 19 heavy (non-hydrogen) atoms. The molecule has 104 valence electrons. The van der Waals surface area contributed by atoms with E-state index in [0.29, 0.717) is 19.0 Å². The van der Waals surface area contributed by atoms with Crippen molar-refractivity contribution in [1.82, 2.24) is 5.32 Å². The number of benzene rings is 1. The standard InChI is InChI=1S/C15H22N2O2/c16-10-12-2-1-3-14(12)15(19)17-9-8-11-4-6-13(18)7-5-11/h4-7,12,14,18H,1-3,8-10,16H2,(H,17,19). The number of carbonyl (C=O) groups is 1. The van der Waals surface area contributed by atoms with Crippen molar-refractivity contribution < 1.29 is 9.90 Å². The lowest BCUT2D eigenvalue weighted by molar-refractivity contribution is -0.125.